The van der Waals surface area contributed by atoms with E-state index >= 15 is 0 Å². The molecule has 2 heterocycles. The minimum Gasteiger partial charge on any atom is -0.496 e. The Morgan fingerprint density at radius 3 is 2.93 bits per heavy atom. The molecule has 1 aliphatic heterocycles. The van der Waals surface area contributed by atoms with Crippen LogP contribution in [0.5, 0.6) is 5.75 Å². The quantitative estimate of drug-likeness (QED) is 0.744. The van der Waals surface area contributed by atoms with Crippen LogP contribution in [0, 0.1) is 0 Å². The van der Waals surface area contributed by atoms with Gasteiger partial charge in [0.15, 0.2) is 0 Å². The summed E-state index contributed by atoms with van der Waals surface area (Å²) >= 11 is 0. The molecule has 1 unspecified atom stereocenters. The molecule has 1 atom stereocenters. The predicted octanol–water partition coefficient (Wildman–Crippen LogP) is 3.53. The number of nitrogens with one attached hydrogen (secondary N) is 1. The molecule has 2 aromatic carbocycles. The number of rotatable bonds is 5. The molecule has 0 aliphatic carbocycles. The Bertz CT molecular complexity index is 948. The number of benzene rings is 2. The normalized spacial score (nSPS) is 16.3. The summed E-state index contributed by atoms with van der Waals surface area (Å²) in [5.41, 5.74) is 2.12. The van der Waals surface area contributed by atoms with E-state index in [2.05, 4.69) is 15.5 Å². The summed E-state index contributed by atoms with van der Waals surface area (Å²) in [5, 5.41) is 6.93. The van der Waals surface area contributed by atoms with Crippen molar-refractivity contribution in [3.8, 4) is 28.6 Å². The first-order valence-corrected chi connectivity index (χ1v) is 8.74. The second-order valence-electron chi connectivity index (χ2n) is 6.20. The lowest BCUT2D eigenvalue weighted by atomic mass is 10.1. The van der Waals surface area contributed by atoms with Crippen LogP contribution in [0.1, 0.15) is 12.8 Å². The van der Waals surface area contributed by atoms with Gasteiger partial charge in [-0.3, -0.25) is 4.79 Å². The maximum atomic E-state index is 12.2. The molecule has 7 heteroatoms. The molecule has 7 nitrogen and oxygen atoms in total. The Balaban J connectivity index is 1.56. The number of methoxy groups -OCH3 is 1. The fraction of sp³-hybridized carbons (Fsp3) is 0.250. The molecule has 3 aromatic rings. The monoisotopic (exact) mass is 365 g/mol. The van der Waals surface area contributed by atoms with Crippen molar-refractivity contribution in [3.63, 3.8) is 0 Å². The van der Waals surface area contributed by atoms with Gasteiger partial charge in [0, 0.05) is 17.9 Å². The van der Waals surface area contributed by atoms with Gasteiger partial charge in [-0.25, -0.2) is 0 Å². The average Bonchev–Trinajstić information content (AvgIpc) is 3.40. The Morgan fingerprint density at radius 1 is 1.22 bits per heavy atom. The van der Waals surface area contributed by atoms with Crippen molar-refractivity contribution in [1.82, 2.24) is 10.1 Å². The number of hydrogen-bond acceptors (Lipinski definition) is 6. The Kier molecular flexibility index (Phi) is 4.84. The third-order valence-electron chi connectivity index (χ3n) is 4.37. The molecule has 1 aliphatic rings. The van der Waals surface area contributed by atoms with Gasteiger partial charge in [0.1, 0.15) is 11.9 Å². The van der Waals surface area contributed by atoms with Crippen molar-refractivity contribution >= 4 is 11.6 Å². The maximum absolute atomic E-state index is 12.2. The highest BCUT2D eigenvalue weighted by atomic mass is 16.5. The molecule has 27 heavy (non-hydrogen) atoms. The third kappa shape index (κ3) is 3.68. The Labute approximate surface area is 156 Å². The summed E-state index contributed by atoms with van der Waals surface area (Å²) in [5.74, 6) is 1.34. The van der Waals surface area contributed by atoms with Crippen molar-refractivity contribution < 1.29 is 18.8 Å². The van der Waals surface area contributed by atoms with Crippen LogP contribution >= 0.6 is 0 Å². The van der Waals surface area contributed by atoms with Gasteiger partial charge in [-0.05, 0) is 43.2 Å². The van der Waals surface area contributed by atoms with E-state index in [9.17, 15) is 4.79 Å². The van der Waals surface area contributed by atoms with E-state index in [-0.39, 0.29) is 12.0 Å². The van der Waals surface area contributed by atoms with Gasteiger partial charge in [0.05, 0.1) is 12.7 Å². The van der Waals surface area contributed by atoms with E-state index in [1.54, 1.807) is 13.2 Å². The molecule has 0 saturated carbocycles. The lowest BCUT2D eigenvalue weighted by Gasteiger charge is -2.10. The van der Waals surface area contributed by atoms with E-state index in [1.165, 1.54) is 0 Å². The molecular weight excluding hydrogens is 346 g/mol. The maximum Gasteiger partial charge on any atom is 0.258 e. The van der Waals surface area contributed by atoms with Gasteiger partial charge >= 0.3 is 0 Å². The van der Waals surface area contributed by atoms with Gasteiger partial charge in [0.2, 0.25) is 5.82 Å². The number of nitrogens with zero attached hydrogens (tertiary/aromatic N) is 2. The third-order valence-corrected chi connectivity index (χ3v) is 4.37. The second-order valence-corrected chi connectivity index (χ2v) is 6.20. The second kappa shape index (κ2) is 7.59. The van der Waals surface area contributed by atoms with E-state index in [0.29, 0.717) is 35.3 Å². The fourth-order valence-corrected chi connectivity index (χ4v) is 3.02. The molecule has 4 rings (SSSR count). The highest BCUT2D eigenvalue weighted by molar-refractivity contribution is 5.94. The number of hydrogen-bond donors (Lipinski definition) is 1. The first-order chi connectivity index (χ1) is 13.2. The molecule has 1 amide bonds. The van der Waals surface area contributed by atoms with Crippen molar-refractivity contribution in [2.24, 2.45) is 0 Å². The largest absolute Gasteiger partial charge is 0.496 e. The summed E-state index contributed by atoms with van der Waals surface area (Å²) in [6.07, 6.45) is 1.28. The van der Waals surface area contributed by atoms with Crippen molar-refractivity contribution in [2.45, 2.75) is 18.9 Å². The zero-order chi connectivity index (χ0) is 18.6. The van der Waals surface area contributed by atoms with Crippen LogP contribution in [0.25, 0.3) is 22.8 Å². The molecule has 138 valence electrons. The van der Waals surface area contributed by atoms with Gasteiger partial charge < -0.3 is 19.3 Å². The van der Waals surface area contributed by atoms with Crippen LogP contribution in [0.3, 0.4) is 0 Å². The summed E-state index contributed by atoms with van der Waals surface area (Å²) in [4.78, 5) is 16.7. The van der Waals surface area contributed by atoms with Crippen LogP contribution in [-0.4, -0.2) is 35.9 Å². The fourth-order valence-electron chi connectivity index (χ4n) is 3.02. The molecule has 1 saturated heterocycles. The van der Waals surface area contributed by atoms with E-state index in [4.69, 9.17) is 14.0 Å². The standard InChI is InChI=1S/C20H19N3O4/c1-25-16-9-3-2-8-15(16)18-22-20(27-23-18)13-6-4-7-14(12-13)21-19(24)17-10-5-11-26-17/h2-4,6-9,12,17H,5,10-11H2,1H3,(H,21,24). The Hall–Kier alpha value is -3.19. The average molecular weight is 365 g/mol. The summed E-state index contributed by atoms with van der Waals surface area (Å²) in [7, 11) is 1.60. The zero-order valence-corrected chi connectivity index (χ0v) is 14.8. The summed E-state index contributed by atoms with van der Waals surface area (Å²) in [6, 6.07) is 14.8. The number of carbonyl (C=O) groups excluding carboxylic acids is 1. The van der Waals surface area contributed by atoms with Crippen molar-refractivity contribution in [3.05, 3.63) is 48.5 Å². The molecule has 1 aromatic heterocycles. The number of para-hydroxylation sites is 1. The van der Waals surface area contributed by atoms with E-state index in [0.717, 1.165) is 18.4 Å². The zero-order valence-electron chi connectivity index (χ0n) is 14.8. The predicted molar refractivity (Wildman–Crippen MR) is 99.3 cm³/mol. The minimum absolute atomic E-state index is 0.134. The molecular formula is C20H19N3O4. The van der Waals surface area contributed by atoms with Crippen LogP contribution in [-0.2, 0) is 9.53 Å². The minimum atomic E-state index is -0.380. The molecule has 0 bridgehead atoms. The number of ether oxygens (including phenoxy) is 2. The van der Waals surface area contributed by atoms with E-state index < -0.39 is 0 Å². The topological polar surface area (TPSA) is 86.5 Å². The lowest BCUT2D eigenvalue weighted by Crippen LogP contribution is -2.26. The summed E-state index contributed by atoms with van der Waals surface area (Å²) in [6.45, 7) is 0.631. The highest BCUT2D eigenvalue weighted by Gasteiger charge is 2.23. The highest BCUT2D eigenvalue weighted by Crippen LogP contribution is 2.30. The lowest BCUT2D eigenvalue weighted by molar-refractivity contribution is -0.124. The van der Waals surface area contributed by atoms with Gasteiger partial charge in [-0.1, -0.05) is 23.4 Å². The smallest absolute Gasteiger partial charge is 0.258 e. The van der Waals surface area contributed by atoms with Gasteiger partial charge in [0.25, 0.3) is 11.8 Å². The van der Waals surface area contributed by atoms with Crippen LogP contribution in [0.15, 0.2) is 53.1 Å². The molecule has 0 radical (unpaired) electrons. The number of aromatic nitrogens is 2. The van der Waals surface area contributed by atoms with Crippen LogP contribution < -0.4 is 10.1 Å². The van der Waals surface area contributed by atoms with Gasteiger partial charge in [-0.15, -0.1) is 0 Å². The summed E-state index contributed by atoms with van der Waals surface area (Å²) < 4.78 is 16.2. The Morgan fingerprint density at radius 2 is 2.11 bits per heavy atom. The molecule has 1 fully saturated rings. The van der Waals surface area contributed by atoms with Crippen LogP contribution in [0.2, 0.25) is 0 Å². The number of amides is 1. The number of carbonyl (C=O) groups is 1. The van der Waals surface area contributed by atoms with Crippen molar-refractivity contribution in [1.29, 1.82) is 0 Å². The van der Waals surface area contributed by atoms with E-state index in [1.807, 2.05) is 42.5 Å². The first kappa shape index (κ1) is 17.2. The van der Waals surface area contributed by atoms with Gasteiger partial charge in [-0.2, -0.15) is 4.98 Å². The molecule has 0 spiro atoms. The molecule has 1 N–H and O–H groups in total. The SMILES string of the molecule is COc1ccccc1-c1noc(-c2cccc(NC(=O)C3CCCO3)c2)n1. The van der Waals surface area contributed by atoms with Crippen LogP contribution in [0.4, 0.5) is 5.69 Å². The first-order valence-electron chi connectivity index (χ1n) is 8.74. The number of anilines is 1. The van der Waals surface area contributed by atoms with Crippen molar-refractivity contribution in [2.75, 3.05) is 19.0 Å².